The molecule has 0 amide bonds. The number of aliphatic hydroxyl groups excluding tert-OH is 1. The number of rotatable bonds is 4. The second kappa shape index (κ2) is 5.53. The van der Waals surface area contributed by atoms with Crippen molar-refractivity contribution in [1.29, 1.82) is 0 Å². The van der Waals surface area contributed by atoms with Crippen molar-refractivity contribution in [2.45, 2.75) is 39.3 Å². The lowest BCUT2D eigenvalue weighted by Crippen LogP contribution is -2.37. The van der Waals surface area contributed by atoms with Gasteiger partial charge in [-0.3, -0.25) is 0 Å². The molecule has 0 bridgehead atoms. The maximum Gasteiger partial charge on any atom is 0.137 e. The Bertz CT molecular complexity index is 488. The summed E-state index contributed by atoms with van der Waals surface area (Å²) in [5.41, 5.74) is 0.983. The molecule has 2 aromatic rings. The van der Waals surface area contributed by atoms with Crippen molar-refractivity contribution in [3.8, 4) is 0 Å². The van der Waals surface area contributed by atoms with Crippen molar-refractivity contribution in [1.82, 2.24) is 14.8 Å². The third-order valence-corrected chi connectivity index (χ3v) is 3.32. The number of benzene rings is 1. The summed E-state index contributed by atoms with van der Waals surface area (Å²) >= 11 is 0. The molecule has 102 valence electrons. The largest absolute Gasteiger partial charge is 0.390 e. The van der Waals surface area contributed by atoms with Crippen LogP contribution >= 0.6 is 0 Å². The van der Waals surface area contributed by atoms with Crippen molar-refractivity contribution in [3.05, 3.63) is 48.5 Å². The van der Waals surface area contributed by atoms with Crippen LogP contribution in [0, 0.1) is 5.41 Å². The SMILES string of the molecule is CC(C)(C)C(O)C(Cc1ccccc1)n1cncn1. The summed E-state index contributed by atoms with van der Waals surface area (Å²) in [4.78, 5) is 3.99. The predicted octanol–water partition coefficient (Wildman–Crippen LogP) is 2.47. The molecule has 0 aliphatic rings. The zero-order chi connectivity index (χ0) is 13.9. The fourth-order valence-corrected chi connectivity index (χ4v) is 2.17. The maximum absolute atomic E-state index is 10.6. The molecule has 1 N–H and O–H groups in total. The van der Waals surface area contributed by atoms with Gasteiger partial charge in [0, 0.05) is 0 Å². The normalized spacial score (nSPS) is 15.2. The number of hydrogen-bond donors (Lipinski definition) is 1. The molecule has 0 aliphatic heterocycles. The summed E-state index contributed by atoms with van der Waals surface area (Å²) in [5.74, 6) is 0. The van der Waals surface area contributed by atoms with E-state index in [2.05, 4.69) is 22.2 Å². The summed E-state index contributed by atoms with van der Waals surface area (Å²) in [6, 6.07) is 10.0. The van der Waals surface area contributed by atoms with Gasteiger partial charge in [0.25, 0.3) is 0 Å². The molecular formula is C15H21N3O. The van der Waals surface area contributed by atoms with Gasteiger partial charge in [0.2, 0.25) is 0 Å². The number of aromatic nitrogens is 3. The molecule has 0 saturated heterocycles. The summed E-state index contributed by atoms with van der Waals surface area (Å²) in [7, 11) is 0. The quantitative estimate of drug-likeness (QED) is 0.917. The van der Waals surface area contributed by atoms with E-state index in [9.17, 15) is 5.11 Å². The predicted molar refractivity (Wildman–Crippen MR) is 74.7 cm³/mol. The van der Waals surface area contributed by atoms with E-state index in [1.54, 1.807) is 11.0 Å². The van der Waals surface area contributed by atoms with Crippen LogP contribution in [0.2, 0.25) is 0 Å². The van der Waals surface area contributed by atoms with Crippen molar-refractivity contribution in [2.24, 2.45) is 5.41 Å². The van der Waals surface area contributed by atoms with E-state index < -0.39 is 6.10 Å². The first-order valence-corrected chi connectivity index (χ1v) is 6.54. The molecule has 1 heterocycles. The van der Waals surface area contributed by atoms with Crippen molar-refractivity contribution in [3.63, 3.8) is 0 Å². The van der Waals surface area contributed by atoms with Gasteiger partial charge < -0.3 is 5.11 Å². The number of hydrogen-bond acceptors (Lipinski definition) is 3. The summed E-state index contributed by atoms with van der Waals surface area (Å²) in [5, 5.41) is 14.8. The van der Waals surface area contributed by atoms with Crippen LogP contribution in [0.1, 0.15) is 32.4 Å². The van der Waals surface area contributed by atoms with E-state index in [1.807, 2.05) is 39.0 Å². The molecule has 2 rings (SSSR count). The van der Waals surface area contributed by atoms with Crippen LogP contribution in [0.5, 0.6) is 0 Å². The van der Waals surface area contributed by atoms with Gasteiger partial charge in [0.1, 0.15) is 12.7 Å². The molecule has 0 saturated carbocycles. The summed E-state index contributed by atoms with van der Waals surface area (Å²) in [6.07, 6.45) is 3.42. The number of nitrogens with zero attached hydrogens (tertiary/aromatic N) is 3. The zero-order valence-electron chi connectivity index (χ0n) is 11.7. The molecule has 1 aromatic carbocycles. The lowest BCUT2D eigenvalue weighted by atomic mass is 9.82. The van der Waals surface area contributed by atoms with Crippen LogP contribution in [0.15, 0.2) is 43.0 Å². The zero-order valence-corrected chi connectivity index (χ0v) is 11.7. The van der Waals surface area contributed by atoms with Gasteiger partial charge >= 0.3 is 0 Å². The molecule has 0 radical (unpaired) electrons. The highest BCUT2D eigenvalue weighted by Crippen LogP contribution is 2.30. The summed E-state index contributed by atoms with van der Waals surface area (Å²) in [6.45, 7) is 6.10. The molecular weight excluding hydrogens is 238 g/mol. The average Bonchev–Trinajstić information content (AvgIpc) is 2.89. The fourth-order valence-electron chi connectivity index (χ4n) is 2.17. The molecule has 1 aromatic heterocycles. The summed E-state index contributed by atoms with van der Waals surface area (Å²) < 4.78 is 1.75. The lowest BCUT2D eigenvalue weighted by molar-refractivity contribution is 0.0124. The third kappa shape index (κ3) is 3.41. The van der Waals surface area contributed by atoms with E-state index in [0.717, 1.165) is 6.42 Å². The van der Waals surface area contributed by atoms with Crippen LogP contribution in [0.3, 0.4) is 0 Å². The van der Waals surface area contributed by atoms with Gasteiger partial charge in [0.15, 0.2) is 0 Å². The Labute approximate surface area is 114 Å². The Morgan fingerprint density at radius 1 is 1.21 bits per heavy atom. The minimum atomic E-state index is -0.491. The minimum absolute atomic E-state index is 0.107. The Morgan fingerprint density at radius 3 is 2.42 bits per heavy atom. The number of aliphatic hydroxyl groups is 1. The van der Waals surface area contributed by atoms with E-state index in [0.29, 0.717) is 0 Å². The van der Waals surface area contributed by atoms with Gasteiger partial charge in [-0.05, 0) is 17.4 Å². The maximum atomic E-state index is 10.6. The second-order valence-electron chi connectivity index (χ2n) is 5.94. The van der Waals surface area contributed by atoms with E-state index >= 15 is 0 Å². The van der Waals surface area contributed by atoms with Crippen molar-refractivity contribution >= 4 is 0 Å². The molecule has 4 nitrogen and oxygen atoms in total. The smallest absolute Gasteiger partial charge is 0.137 e. The van der Waals surface area contributed by atoms with Gasteiger partial charge in [-0.15, -0.1) is 0 Å². The van der Waals surface area contributed by atoms with E-state index in [1.165, 1.54) is 11.9 Å². The average molecular weight is 259 g/mol. The van der Waals surface area contributed by atoms with Gasteiger partial charge in [-0.2, -0.15) is 5.10 Å². The second-order valence-corrected chi connectivity index (χ2v) is 5.94. The molecule has 4 heteroatoms. The topological polar surface area (TPSA) is 50.9 Å². The highest BCUT2D eigenvalue weighted by atomic mass is 16.3. The first kappa shape index (κ1) is 13.7. The van der Waals surface area contributed by atoms with Crippen LogP contribution in [0.25, 0.3) is 0 Å². The Morgan fingerprint density at radius 2 is 1.89 bits per heavy atom. The van der Waals surface area contributed by atoms with Crippen LogP contribution in [-0.2, 0) is 6.42 Å². The fraction of sp³-hybridized carbons (Fsp3) is 0.467. The molecule has 2 unspecified atom stereocenters. The Kier molecular flexibility index (Phi) is 4.00. The first-order valence-electron chi connectivity index (χ1n) is 6.54. The van der Waals surface area contributed by atoms with Crippen molar-refractivity contribution in [2.75, 3.05) is 0 Å². The van der Waals surface area contributed by atoms with Gasteiger partial charge in [-0.1, -0.05) is 51.1 Å². The molecule has 19 heavy (non-hydrogen) atoms. The van der Waals surface area contributed by atoms with Crippen LogP contribution in [0.4, 0.5) is 0 Å². The minimum Gasteiger partial charge on any atom is -0.390 e. The molecule has 2 atom stereocenters. The first-order chi connectivity index (χ1) is 8.98. The van der Waals surface area contributed by atoms with Crippen LogP contribution < -0.4 is 0 Å². The standard InChI is InChI=1S/C15H21N3O/c1-15(2,3)14(19)13(18-11-16-10-17-18)9-12-7-5-4-6-8-12/h4-8,10-11,13-14,19H,9H2,1-3H3. The van der Waals surface area contributed by atoms with Crippen LogP contribution in [-0.4, -0.2) is 26.0 Å². The van der Waals surface area contributed by atoms with Gasteiger partial charge in [0.05, 0.1) is 12.1 Å². The van der Waals surface area contributed by atoms with Gasteiger partial charge in [-0.25, -0.2) is 9.67 Å². The Hall–Kier alpha value is -1.68. The third-order valence-electron chi connectivity index (χ3n) is 3.32. The monoisotopic (exact) mass is 259 g/mol. The van der Waals surface area contributed by atoms with E-state index in [-0.39, 0.29) is 11.5 Å². The van der Waals surface area contributed by atoms with Crippen molar-refractivity contribution < 1.29 is 5.11 Å². The molecule has 0 aliphatic carbocycles. The van der Waals surface area contributed by atoms with E-state index in [4.69, 9.17) is 0 Å². The Balaban J connectivity index is 2.25. The highest BCUT2D eigenvalue weighted by molar-refractivity contribution is 5.16. The lowest BCUT2D eigenvalue weighted by Gasteiger charge is -2.33. The highest BCUT2D eigenvalue weighted by Gasteiger charge is 2.32. The molecule has 0 spiro atoms. The molecule has 0 fully saturated rings.